The summed E-state index contributed by atoms with van der Waals surface area (Å²) < 4.78 is 5.93. The van der Waals surface area contributed by atoms with Gasteiger partial charge < -0.3 is 15.2 Å². The number of nitrogens with one attached hydrogen (secondary N) is 1. The number of para-hydroxylation sites is 2. The van der Waals surface area contributed by atoms with Crippen molar-refractivity contribution in [2.24, 2.45) is 5.41 Å². The normalized spacial score (nSPS) is 14.5. The van der Waals surface area contributed by atoms with E-state index in [4.69, 9.17) is 16.3 Å². The second kappa shape index (κ2) is 12.9. The highest BCUT2D eigenvalue weighted by atomic mass is 35.5. The number of nitrogens with zero attached hydrogens (tertiary/aromatic N) is 1. The van der Waals surface area contributed by atoms with Crippen LogP contribution < -0.4 is 15.0 Å². The van der Waals surface area contributed by atoms with Crippen LogP contribution in [0.3, 0.4) is 0 Å². The maximum absolute atomic E-state index is 14.2. The van der Waals surface area contributed by atoms with Crippen LogP contribution in [0.25, 0.3) is 0 Å². The standard InChI is InChI=1S/C33H45ClN2O4Si/c1-21(2)41(22(3)4,23(5)6)19-18-30(38)36(24-14-17-29(26(34)20-24)40-25-15-16-25)31(33(7,8)9)32(39)35-27-12-10-11-13-28(27)37/h10-14,17,20-23,25,31,37H,15-16H2,1-9H3,(H,35,39). The van der Waals surface area contributed by atoms with Gasteiger partial charge in [0.15, 0.2) is 0 Å². The molecule has 0 aromatic heterocycles. The second-order valence-electron chi connectivity index (χ2n) is 13.0. The lowest BCUT2D eigenvalue weighted by Crippen LogP contribution is -2.54. The Hall–Kier alpha value is -2.95. The van der Waals surface area contributed by atoms with Crippen molar-refractivity contribution in [3.05, 3.63) is 47.5 Å². The van der Waals surface area contributed by atoms with Gasteiger partial charge in [-0.3, -0.25) is 14.5 Å². The molecule has 2 aromatic rings. The molecule has 2 aromatic carbocycles. The maximum atomic E-state index is 14.2. The first kappa shape index (κ1) is 32.6. The Morgan fingerprint density at radius 2 is 1.61 bits per heavy atom. The van der Waals surface area contributed by atoms with E-state index in [0.29, 0.717) is 33.1 Å². The highest BCUT2D eigenvalue weighted by Crippen LogP contribution is 2.41. The third-order valence-corrected chi connectivity index (χ3v) is 14.6. The lowest BCUT2D eigenvalue weighted by Gasteiger charge is -2.39. The smallest absolute Gasteiger partial charge is 0.303 e. The molecule has 1 unspecified atom stereocenters. The Bertz CT molecular complexity index is 1300. The number of hydrogen-bond acceptors (Lipinski definition) is 4. The molecule has 1 aliphatic rings. The molecule has 0 bridgehead atoms. The molecule has 2 amide bonds. The first-order chi connectivity index (χ1) is 19.1. The fraction of sp³-hybridized carbons (Fsp3) is 0.515. The van der Waals surface area contributed by atoms with Gasteiger partial charge in [0.25, 0.3) is 0 Å². The van der Waals surface area contributed by atoms with Crippen LogP contribution in [0.1, 0.15) is 75.2 Å². The largest absolute Gasteiger partial charge is 0.506 e. The van der Waals surface area contributed by atoms with Crippen molar-refractivity contribution in [3.63, 3.8) is 0 Å². The highest BCUT2D eigenvalue weighted by Gasteiger charge is 2.43. The van der Waals surface area contributed by atoms with Crippen molar-refractivity contribution in [1.82, 2.24) is 0 Å². The van der Waals surface area contributed by atoms with Gasteiger partial charge in [0.05, 0.1) is 16.8 Å². The summed E-state index contributed by atoms with van der Waals surface area (Å²) in [6, 6.07) is 10.7. The number of anilines is 2. The molecule has 1 fully saturated rings. The van der Waals surface area contributed by atoms with E-state index in [-0.39, 0.29) is 17.5 Å². The zero-order valence-corrected chi connectivity index (χ0v) is 27.6. The molecule has 0 radical (unpaired) electrons. The fourth-order valence-electron chi connectivity index (χ4n) is 5.82. The number of amides is 2. The van der Waals surface area contributed by atoms with E-state index in [1.165, 1.54) is 11.0 Å². The topological polar surface area (TPSA) is 78.9 Å². The number of phenols is 1. The van der Waals surface area contributed by atoms with Crippen molar-refractivity contribution in [1.29, 1.82) is 0 Å². The molecule has 222 valence electrons. The maximum Gasteiger partial charge on any atom is 0.303 e. The molecular formula is C33H45ClN2O4Si. The zero-order valence-electron chi connectivity index (χ0n) is 25.8. The van der Waals surface area contributed by atoms with E-state index in [0.717, 1.165) is 12.8 Å². The molecule has 41 heavy (non-hydrogen) atoms. The first-order valence-electron chi connectivity index (χ1n) is 14.5. The number of carbonyl (C=O) groups excluding carboxylic acids is 2. The average molecular weight is 597 g/mol. The predicted molar refractivity (Wildman–Crippen MR) is 171 cm³/mol. The molecule has 1 atom stereocenters. The summed E-state index contributed by atoms with van der Waals surface area (Å²) in [6.07, 6.45) is 2.14. The molecule has 1 aliphatic carbocycles. The summed E-state index contributed by atoms with van der Waals surface area (Å²) >= 11 is 6.65. The minimum Gasteiger partial charge on any atom is -0.506 e. The summed E-state index contributed by atoms with van der Waals surface area (Å²) in [5.41, 5.74) is 4.55. The van der Waals surface area contributed by atoms with Crippen LogP contribution in [0.5, 0.6) is 11.5 Å². The molecule has 0 heterocycles. The molecular weight excluding hydrogens is 552 g/mol. The van der Waals surface area contributed by atoms with Crippen molar-refractivity contribution in [3.8, 4) is 23.0 Å². The van der Waals surface area contributed by atoms with Crippen LogP contribution in [0.15, 0.2) is 42.5 Å². The number of phenolic OH excluding ortho intramolecular Hbond substituents is 1. The summed E-state index contributed by atoms with van der Waals surface area (Å²) in [6.45, 7) is 18.9. The van der Waals surface area contributed by atoms with Crippen molar-refractivity contribution in [2.45, 2.75) is 104 Å². The van der Waals surface area contributed by atoms with Gasteiger partial charge in [-0.15, -0.1) is 5.54 Å². The summed E-state index contributed by atoms with van der Waals surface area (Å²) in [7, 11) is -2.23. The van der Waals surface area contributed by atoms with Crippen LogP contribution in [-0.2, 0) is 9.59 Å². The second-order valence-corrected chi connectivity index (χ2v) is 19.0. The van der Waals surface area contributed by atoms with E-state index >= 15 is 0 Å². The lowest BCUT2D eigenvalue weighted by atomic mass is 9.84. The van der Waals surface area contributed by atoms with Crippen LogP contribution >= 0.6 is 11.6 Å². The van der Waals surface area contributed by atoms with Crippen molar-refractivity contribution >= 4 is 42.9 Å². The van der Waals surface area contributed by atoms with Gasteiger partial charge in [-0.05, 0) is 71.1 Å². The van der Waals surface area contributed by atoms with Gasteiger partial charge in [-0.2, -0.15) is 0 Å². The minimum absolute atomic E-state index is 0.0580. The summed E-state index contributed by atoms with van der Waals surface area (Å²) in [4.78, 5) is 29.6. The van der Waals surface area contributed by atoms with Crippen LogP contribution in [0.4, 0.5) is 11.4 Å². The number of ether oxygens (including phenoxy) is 1. The molecule has 0 aliphatic heterocycles. The van der Waals surface area contributed by atoms with Gasteiger partial charge in [-0.25, -0.2) is 0 Å². The van der Waals surface area contributed by atoms with Crippen LogP contribution in [0, 0.1) is 16.9 Å². The predicted octanol–water partition coefficient (Wildman–Crippen LogP) is 8.19. The lowest BCUT2D eigenvalue weighted by molar-refractivity contribution is -0.123. The number of carbonyl (C=O) groups is 2. The Balaban J connectivity index is 2.16. The first-order valence-corrected chi connectivity index (χ1v) is 17.1. The zero-order chi connectivity index (χ0) is 30.7. The molecule has 6 nitrogen and oxygen atoms in total. The quantitative estimate of drug-likeness (QED) is 0.174. The Morgan fingerprint density at radius 3 is 2.10 bits per heavy atom. The van der Waals surface area contributed by atoms with E-state index in [1.807, 2.05) is 20.8 Å². The van der Waals surface area contributed by atoms with E-state index in [9.17, 15) is 14.7 Å². The fourth-order valence-corrected chi connectivity index (χ4v) is 11.2. The monoisotopic (exact) mass is 596 g/mol. The molecule has 8 heteroatoms. The molecule has 0 spiro atoms. The van der Waals surface area contributed by atoms with E-state index < -0.39 is 31.3 Å². The van der Waals surface area contributed by atoms with Crippen molar-refractivity contribution in [2.75, 3.05) is 10.2 Å². The number of rotatable bonds is 9. The van der Waals surface area contributed by atoms with Crippen LogP contribution in [-0.4, -0.2) is 37.1 Å². The third kappa shape index (κ3) is 7.47. The summed E-state index contributed by atoms with van der Waals surface area (Å²) in [5, 5.41) is 13.5. The number of hydrogen-bond donors (Lipinski definition) is 2. The Labute approximate surface area is 251 Å². The highest BCUT2D eigenvalue weighted by molar-refractivity contribution is 6.90. The van der Waals surface area contributed by atoms with Gasteiger partial charge in [0.2, 0.25) is 5.91 Å². The van der Waals surface area contributed by atoms with Gasteiger partial charge in [-0.1, -0.05) is 86.0 Å². The molecule has 2 N–H and O–H groups in total. The summed E-state index contributed by atoms with van der Waals surface area (Å²) in [5.74, 6) is 2.60. The van der Waals surface area contributed by atoms with E-state index in [2.05, 4.69) is 58.3 Å². The van der Waals surface area contributed by atoms with E-state index in [1.54, 1.807) is 36.4 Å². The Morgan fingerprint density at radius 1 is 1.02 bits per heavy atom. The molecule has 3 rings (SSSR count). The molecule has 1 saturated carbocycles. The van der Waals surface area contributed by atoms with Crippen LogP contribution in [0.2, 0.25) is 21.6 Å². The van der Waals surface area contributed by atoms with Gasteiger partial charge >= 0.3 is 5.91 Å². The van der Waals surface area contributed by atoms with Gasteiger partial charge in [0, 0.05) is 5.69 Å². The van der Waals surface area contributed by atoms with Crippen molar-refractivity contribution < 1.29 is 19.4 Å². The SMILES string of the molecule is CC(C)[Si](C#CC(=O)N(c1ccc(OC2CC2)c(Cl)c1)C(C(=O)Nc1ccccc1O)C(C)(C)C)(C(C)C)C(C)C. The molecule has 0 saturated heterocycles. The number of halogens is 1. The average Bonchev–Trinajstić information content (AvgIpc) is 3.68. The third-order valence-electron chi connectivity index (χ3n) is 7.97. The number of benzene rings is 2. The Kier molecular flexibility index (Phi) is 10.3. The van der Waals surface area contributed by atoms with Gasteiger partial charge in [0.1, 0.15) is 25.6 Å². The minimum atomic E-state index is -2.23. The number of aromatic hydroxyl groups is 1.